The van der Waals surface area contributed by atoms with Crippen molar-refractivity contribution in [1.82, 2.24) is 10.3 Å². The summed E-state index contributed by atoms with van der Waals surface area (Å²) in [6, 6.07) is 4.41. The van der Waals surface area contributed by atoms with E-state index in [0.717, 1.165) is 31.9 Å². The summed E-state index contributed by atoms with van der Waals surface area (Å²) < 4.78 is 5.43. The molecule has 1 N–H and O–H groups in total. The van der Waals surface area contributed by atoms with Crippen molar-refractivity contribution in [2.24, 2.45) is 0 Å². The molecule has 2 rings (SSSR count). The minimum atomic E-state index is 0.278. The molecular weight excluding hydrogens is 176 g/mol. The number of nitrogens with one attached hydrogen (secondary N) is 1. The first-order valence-corrected chi connectivity index (χ1v) is 5.16. The molecule has 1 aliphatic heterocycles. The van der Waals surface area contributed by atoms with E-state index in [4.69, 9.17) is 4.74 Å². The van der Waals surface area contributed by atoms with E-state index in [1.807, 2.05) is 12.3 Å². The predicted octanol–water partition coefficient (Wildman–Crippen LogP) is 1.30. The van der Waals surface area contributed by atoms with Gasteiger partial charge in [0.15, 0.2) is 0 Å². The van der Waals surface area contributed by atoms with Crippen molar-refractivity contribution in [3.8, 4) is 0 Å². The van der Waals surface area contributed by atoms with Gasteiger partial charge in [-0.25, -0.2) is 0 Å². The average molecular weight is 192 g/mol. The second-order valence-electron chi connectivity index (χ2n) is 3.48. The van der Waals surface area contributed by atoms with Gasteiger partial charge < -0.3 is 10.1 Å². The van der Waals surface area contributed by atoms with Gasteiger partial charge >= 0.3 is 0 Å². The average Bonchev–Trinajstić information content (AvgIpc) is 2.30. The Labute approximate surface area is 84.5 Å². The van der Waals surface area contributed by atoms with E-state index in [0.29, 0.717) is 0 Å². The zero-order chi connectivity index (χ0) is 9.80. The molecule has 1 aromatic heterocycles. The van der Waals surface area contributed by atoms with Crippen LogP contribution in [0.25, 0.3) is 0 Å². The van der Waals surface area contributed by atoms with Crippen molar-refractivity contribution in [1.29, 1.82) is 0 Å². The molecule has 0 spiro atoms. The third kappa shape index (κ3) is 1.94. The summed E-state index contributed by atoms with van der Waals surface area (Å²) in [5, 5.41) is 3.42. The summed E-state index contributed by atoms with van der Waals surface area (Å²) in [5.74, 6) is 0. The van der Waals surface area contributed by atoms with E-state index in [1.165, 1.54) is 5.56 Å². The molecule has 0 aliphatic carbocycles. The molecule has 3 heteroatoms. The molecule has 0 bridgehead atoms. The number of ether oxygens (including phenoxy) is 1. The van der Waals surface area contributed by atoms with Gasteiger partial charge in [-0.1, -0.05) is 13.0 Å². The first-order chi connectivity index (χ1) is 6.92. The Kier molecular flexibility index (Phi) is 3.11. The molecule has 1 aliphatic rings. The van der Waals surface area contributed by atoms with Crippen LogP contribution in [0, 0.1) is 0 Å². The summed E-state index contributed by atoms with van der Waals surface area (Å²) in [5.41, 5.74) is 2.46. The second-order valence-corrected chi connectivity index (χ2v) is 3.48. The fraction of sp³-hybridized carbons (Fsp3) is 0.545. The highest BCUT2D eigenvalue weighted by molar-refractivity contribution is 5.23. The van der Waals surface area contributed by atoms with Gasteiger partial charge in [0.1, 0.15) is 0 Å². The van der Waals surface area contributed by atoms with E-state index in [1.54, 1.807) is 0 Å². The van der Waals surface area contributed by atoms with E-state index >= 15 is 0 Å². The molecule has 0 amide bonds. The highest BCUT2D eigenvalue weighted by Gasteiger charge is 2.18. The molecule has 0 saturated carbocycles. The standard InChI is InChI=1S/C11H16N2O/c1-2-9-4-3-5-13-11(9)10-8-14-7-6-12-10/h3-5,10,12H,2,6-8H2,1H3. The Morgan fingerprint density at radius 3 is 3.29 bits per heavy atom. The Balaban J connectivity index is 2.20. The van der Waals surface area contributed by atoms with Crippen molar-refractivity contribution in [3.63, 3.8) is 0 Å². The first-order valence-electron chi connectivity index (χ1n) is 5.16. The number of hydrogen-bond acceptors (Lipinski definition) is 3. The summed E-state index contributed by atoms with van der Waals surface area (Å²) in [6.07, 6.45) is 2.88. The van der Waals surface area contributed by atoms with Gasteiger partial charge in [0.25, 0.3) is 0 Å². The van der Waals surface area contributed by atoms with Crippen molar-refractivity contribution >= 4 is 0 Å². The third-order valence-corrected chi connectivity index (χ3v) is 2.56. The zero-order valence-corrected chi connectivity index (χ0v) is 8.49. The predicted molar refractivity (Wildman–Crippen MR) is 55.2 cm³/mol. The number of nitrogens with zero attached hydrogens (tertiary/aromatic N) is 1. The largest absolute Gasteiger partial charge is 0.378 e. The van der Waals surface area contributed by atoms with Crippen LogP contribution in [0.3, 0.4) is 0 Å². The Bertz CT molecular complexity index is 295. The van der Waals surface area contributed by atoms with Crippen LogP contribution < -0.4 is 5.32 Å². The van der Waals surface area contributed by atoms with E-state index < -0.39 is 0 Å². The Hall–Kier alpha value is -0.930. The topological polar surface area (TPSA) is 34.1 Å². The van der Waals surface area contributed by atoms with Crippen LogP contribution in [0.5, 0.6) is 0 Å². The molecule has 3 nitrogen and oxygen atoms in total. The van der Waals surface area contributed by atoms with Crippen LogP contribution in [0.4, 0.5) is 0 Å². The van der Waals surface area contributed by atoms with Crippen LogP contribution >= 0.6 is 0 Å². The quantitative estimate of drug-likeness (QED) is 0.767. The number of aryl methyl sites for hydroxylation is 1. The van der Waals surface area contributed by atoms with E-state index in [-0.39, 0.29) is 6.04 Å². The molecule has 1 fully saturated rings. The van der Waals surface area contributed by atoms with Crippen molar-refractivity contribution in [2.45, 2.75) is 19.4 Å². The first kappa shape index (κ1) is 9.62. The number of rotatable bonds is 2. The second kappa shape index (κ2) is 4.53. The van der Waals surface area contributed by atoms with Crippen molar-refractivity contribution < 1.29 is 4.74 Å². The Morgan fingerprint density at radius 2 is 2.57 bits per heavy atom. The van der Waals surface area contributed by atoms with Gasteiger partial charge in [0.2, 0.25) is 0 Å². The van der Waals surface area contributed by atoms with Gasteiger partial charge in [0.05, 0.1) is 24.9 Å². The lowest BCUT2D eigenvalue weighted by Gasteiger charge is -2.24. The van der Waals surface area contributed by atoms with Crippen LogP contribution in [-0.2, 0) is 11.2 Å². The maximum Gasteiger partial charge on any atom is 0.0736 e. The molecule has 1 saturated heterocycles. The Morgan fingerprint density at radius 1 is 1.64 bits per heavy atom. The fourth-order valence-electron chi connectivity index (χ4n) is 1.80. The van der Waals surface area contributed by atoms with E-state index in [2.05, 4.69) is 23.3 Å². The lowest BCUT2D eigenvalue weighted by atomic mass is 10.1. The molecule has 1 unspecified atom stereocenters. The molecule has 0 radical (unpaired) electrons. The summed E-state index contributed by atoms with van der Waals surface area (Å²) in [6.45, 7) is 4.63. The van der Waals surface area contributed by atoms with Crippen LogP contribution in [0.15, 0.2) is 18.3 Å². The summed E-state index contributed by atoms with van der Waals surface area (Å²) in [4.78, 5) is 4.43. The van der Waals surface area contributed by atoms with Gasteiger partial charge in [-0.2, -0.15) is 0 Å². The highest BCUT2D eigenvalue weighted by atomic mass is 16.5. The maximum absolute atomic E-state index is 5.43. The third-order valence-electron chi connectivity index (χ3n) is 2.56. The van der Waals surface area contributed by atoms with Crippen LogP contribution in [0.1, 0.15) is 24.2 Å². The molecule has 14 heavy (non-hydrogen) atoms. The molecular formula is C11H16N2O. The minimum absolute atomic E-state index is 0.278. The van der Waals surface area contributed by atoms with Crippen molar-refractivity contribution in [3.05, 3.63) is 29.6 Å². The van der Waals surface area contributed by atoms with Gasteiger partial charge in [-0.3, -0.25) is 4.98 Å². The number of hydrogen-bond donors (Lipinski definition) is 1. The maximum atomic E-state index is 5.43. The monoisotopic (exact) mass is 192 g/mol. The summed E-state index contributed by atoms with van der Waals surface area (Å²) >= 11 is 0. The lowest BCUT2D eigenvalue weighted by molar-refractivity contribution is 0.0753. The van der Waals surface area contributed by atoms with E-state index in [9.17, 15) is 0 Å². The van der Waals surface area contributed by atoms with Gasteiger partial charge in [0, 0.05) is 12.7 Å². The van der Waals surface area contributed by atoms with Crippen molar-refractivity contribution in [2.75, 3.05) is 19.8 Å². The smallest absolute Gasteiger partial charge is 0.0736 e. The highest BCUT2D eigenvalue weighted by Crippen LogP contribution is 2.17. The normalized spacial score (nSPS) is 22.2. The SMILES string of the molecule is CCc1cccnc1C1COCCN1. The summed E-state index contributed by atoms with van der Waals surface area (Å²) in [7, 11) is 0. The number of morpholine rings is 1. The lowest BCUT2D eigenvalue weighted by Crippen LogP contribution is -2.35. The van der Waals surface area contributed by atoms with Crippen LogP contribution in [-0.4, -0.2) is 24.7 Å². The number of aromatic nitrogens is 1. The molecule has 1 atom stereocenters. The minimum Gasteiger partial charge on any atom is -0.378 e. The van der Waals surface area contributed by atoms with Crippen LogP contribution in [0.2, 0.25) is 0 Å². The molecule has 2 heterocycles. The molecule has 76 valence electrons. The van der Waals surface area contributed by atoms with Gasteiger partial charge in [-0.05, 0) is 18.1 Å². The fourth-order valence-corrected chi connectivity index (χ4v) is 1.80. The zero-order valence-electron chi connectivity index (χ0n) is 8.49. The van der Waals surface area contributed by atoms with Gasteiger partial charge in [-0.15, -0.1) is 0 Å². The molecule has 0 aromatic carbocycles. The number of pyridine rings is 1. The molecule has 1 aromatic rings.